The molecule has 3 amide bonds. The Bertz CT molecular complexity index is 396. The average Bonchev–Trinajstić information content (AvgIpc) is 2.64. The molecule has 2 rings (SSSR count). The first-order valence-corrected chi connectivity index (χ1v) is 4.62. The van der Waals surface area contributed by atoms with Gasteiger partial charge in [0.1, 0.15) is 0 Å². The van der Waals surface area contributed by atoms with Crippen molar-refractivity contribution in [2.45, 2.75) is 19.9 Å². The lowest BCUT2D eigenvalue weighted by molar-refractivity contribution is -0.131. The molecule has 15 heavy (non-hydrogen) atoms. The van der Waals surface area contributed by atoms with Crippen LogP contribution in [0.4, 0.5) is 4.79 Å². The van der Waals surface area contributed by atoms with E-state index in [0.29, 0.717) is 0 Å². The second kappa shape index (κ2) is 3.08. The van der Waals surface area contributed by atoms with Gasteiger partial charge in [0.05, 0.1) is 17.7 Å². The van der Waals surface area contributed by atoms with Crippen molar-refractivity contribution in [3.63, 3.8) is 0 Å². The van der Waals surface area contributed by atoms with Crippen molar-refractivity contribution < 1.29 is 9.59 Å². The van der Waals surface area contributed by atoms with Gasteiger partial charge < -0.3 is 5.32 Å². The van der Waals surface area contributed by atoms with Gasteiger partial charge in [-0.1, -0.05) is 0 Å². The second-order valence-electron chi connectivity index (χ2n) is 4.11. The van der Waals surface area contributed by atoms with Gasteiger partial charge in [0, 0.05) is 11.8 Å². The van der Waals surface area contributed by atoms with Gasteiger partial charge in [-0.2, -0.15) is 5.10 Å². The van der Waals surface area contributed by atoms with Crippen LogP contribution < -0.4 is 10.6 Å². The van der Waals surface area contributed by atoms with Gasteiger partial charge in [-0.25, -0.2) is 4.79 Å². The van der Waals surface area contributed by atoms with Gasteiger partial charge in [0.15, 0.2) is 0 Å². The van der Waals surface area contributed by atoms with E-state index in [9.17, 15) is 9.59 Å². The molecule has 1 aromatic rings. The number of H-pyrrole nitrogens is 1. The maximum Gasteiger partial charge on any atom is 0.321 e. The number of aromatic nitrogens is 2. The standard InChI is InChI=1S/C9H12N4O2/c1-9(2)6(5-3-10-11-4-5)12-8(15)13-7(9)14/h3-4,6H,1-2H3,(H,10,11)(H2,12,13,14,15). The highest BCUT2D eigenvalue weighted by molar-refractivity contribution is 6.00. The Balaban J connectivity index is 2.37. The molecule has 6 nitrogen and oxygen atoms in total. The molecule has 6 heteroatoms. The Kier molecular flexibility index (Phi) is 1.99. The zero-order chi connectivity index (χ0) is 11.1. The van der Waals surface area contributed by atoms with Crippen LogP contribution in [0.25, 0.3) is 0 Å². The lowest BCUT2D eigenvalue weighted by atomic mass is 9.79. The molecule has 0 aromatic carbocycles. The highest BCUT2D eigenvalue weighted by Crippen LogP contribution is 2.34. The SMILES string of the molecule is CC1(C)C(=O)NC(=O)NC1c1cn[nH]c1. The zero-order valence-corrected chi connectivity index (χ0v) is 8.50. The molecule has 0 radical (unpaired) electrons. The smallest absolute Gasteiger partial charge is 0.321 e. The van der Waals surface area contributed by atoms with Gasteiger partial charge >= 0.3 is 6.03 Å². The summed E-state index contributed by atoms with van der Waals surface area (Å²) in [5.41, 5.74) is 0.112. The lowest BCUT2D eigenvalue weighted by Crippen LogP contribution is -2.58. The van der Waals surface area contributed by atoms with Crippen LogP contribution in [0.2, 0.25) is 0 Å². The van der Waals surface area contributed by atoms with E-state index in [0.717, 1.165) is 5.56 Å². The van der Waals surface area contributed by atoms with E-state index < -0.39 is 11.4 Å². The molecule has 1 aliphatic heterocycles. The van der Waals surface area contributed by atoms with Crippen molar-refractivity contribution in [1.29, 1.82) is 0 Å². The minimum absolute atomic E-state index is 0.280. The summed E-state index contributed by atoms with van der Waals surface area (Å²) in [6, 6.07) is -0.817. The third-order valence-corrected chi connectivity index (χ3v) is 2.66. The maximum atomic E-state index is 11.6. The fourth-order valence-electron chi connectivity index (χ4n) is 1.66. The predicted octanol–water partition coefficient (Wildman–Crippen LogP) is 0.316. The first kappa shape index (κ1) is 9.70. The summed E-state index contributed by atoms with van der Waals surface area (Å²) in [4.78, 5) is 22.8. The van der Waals surface area contributed by atoms with E-state index in [1.807, 2.05) is 0 Å². The van der Waals surface area contributed by atoms with Crippen LogP contribution in [0.1, 0.15) is 25.5 Å². The third kappa shape index (κ3) is 1.47. The average molecular weight is 208 g/mol. The highest BCUT2D eigenvalue weighted by Gasteiger charge is 2.43. The van der Waals surface area contributed by atoms with E-state index in [4.69, 9.17) is 0 Å². The normalized spacial score (nSPS) is 24.5. The number of hydrogen-bond donors (Lipinski definition) is 3. The molecule has 0 spiro atoms. The minimum Gasteiger partial charge on any atom is -0.330 e. The number of carbonyl (C=O) groups excluding carboxylic acids is 2. The predicted molar refractivity (Wildman–Crippen MR) is 51.8 cm³/mol. The minimum atomic E-state index is -0.683. The first-order valence-electron chi connectivity index (χ1n) is 4.62. The molecule has 1 saturated heterocycles. The molecule has 0 aliphatic carbocycles. The Hall–Kier alpha value is -1.85. The first-order chi connectivity index (χ1) is 7.01. The van der Waals surface area contributed by atoms with Gasteiger partial charge in [-0.3, -0.25) is 15.2 Å². The largest absolute Gasteiger partial charge is 0.330 e. The third-order valence-electron chi connectivity index (χ3n) is 2.66. The highest BCUT2D eigenvalue weighted by atomic mass is 16.2. The summed E-state index contributed by atoms with van der Waals surface area (Å²) in [5, 5.41) is 11.4. The number of carbonyl (C=O) groups is 2. The Morgan fingerprint density at radius 2 is 2.13 bits per heavy atom. The molecule has 2 heterocycles. The van der Waals surface area contributed by atoms with Crippen LogP contribution in [0.5, 0.6) is 0 Å². The van der Waals surface area contributed by atoms with Gasteiger partial charge in [0.25, 0.3) is 0 Å². The number of nitrogens with one attached hydrogen (secondary N) is 3. The number of nitrogens with zero attached hydrogens (tertiary/aromatic N) is 1. The van der Waals surface area contributed by atoms with Crippen molar-refractivity contribution in [1.82, 2.24) is 20.8 Å². The molecule has 1 aromatic heterocycles. The molecule has 0 saturated carbocycles. The summed E-state index contributed by atoms with van der Waals surface area (Å²) >= 11 is 0. The second-order valence-corrected chi connectivity index (χ2v) is 4.11. The molecule has 1 fully saturated rings. The number of aromatic amines is 1. The topological polar surface area (TPSA) is 86.9 Å². The summed E-state index contributed by atoms with van der Waals surface area (Å²) in [5.74, 6) is -0.280. The van der Waals surface area contributed by atoms with Gasteiger partial charge in [0.2, 0.25) is 5.91 Å². The number of hydrogen-bond acceptors (Lipinski definition) is 3. The molecule has 0 bridgehead atoms. The van der Waals surface area contributed by atoms with Crippen LogP contribution in [0, 0.1) is 5.41 Å². The van der Waals surface area contributed by atoms with E-state index in [2.05, 4.69) is 20.8 Å². The van der Waals surface area contributed by atoms with Crippen LogP contribution in [-0.4, -0.2) is 22.1 Å². The molecule has 3 N–H and O–H groups in total. The molecular formula is C9H12N4O2. The molecule has 1 aliphatic rings. The van der Waals surface area contributed by atoms with Crippen molar-refractivity contribution in [3.8, 4) is 0 Å². The number of imide groups is 1. The Morgan fingerprint density at radius 1 is 1.40 bits per heavy atom. The molecule has 80 valence electrons. The fraction of sp³-hybridized carbons (Fsp3) is 0.444. The summed E-state index contributed by atoms with van der Waals surface area (Å²) < 4.78 is 0. The lowest BCUT2D eigenvalue weighted by Gasteiger charge is -2.36. The molecule has 1 atom stereocenters. The Morgan fingerprint density at radius 3 is 2.73 bits per heavy atom. The number of rotatable bonds is 1. The fourth-order valence-corrected chi connectivity index (χ4v) is 1.66. The van der Waals surface area contributed by atoms with Crippen molar-refractivity contribution in [2.24, 2.45) is 5.41 Å². The molecule has 1 unspecified atom stereocenters. The zero-order valence-electron chi connectivity index (χ0n) is 8.50. The van der Waals surface area contributed by atoms with Gasteiger partial charge in [-0.15, -0.1) is 0 Å². The van der Waals surface area contributed by atoms with Crippen molar-refractivity contribution >= 4 is 11.9 Å². The number of urea groups is 1. The van der Waals surface area contributed by atoms with Crippen molar-refractivity contribution in [2.75, 3.05) is 0 Å². The van der Waals surface area contributed by atoms with Gasteiger partial charge in [-0.05, 0) is 13.8 Å². The summed E-state index contributed by atoms with van der Waals surface area (Å²) in [7, 11) is 0. The van der Waals surface area contributed by atoms with Crippen LogP contribution in [-0.2, 0) is 4.79 Å². The monoisotopic (exact) mass is 208 g/mol. The molecular weight excluding hydrogens is 196 g/mol. The maximum absolute atomic E-state index is 11.6. The van der Waals surface area contributed by atoms with Crippen LogP contribution >= 0.6 is 0 Å². The summed E-state index contributed by atoms with van der Waals surface area (Å²) in [6.07, 6.45) is 3.27. The summed E-state index contributed by atoms with van der Waals surface area (Å²) in [6.45, 7) is 3.55. The van der Waals surface area contributed by atoms with E-state index in [1.54, 1.807) is 26.2 Å². The van der Waals surface area contributed by atoms with E-state index in [-0.39, 0.29) is 11.9 Å². The number of amides is 3. The van der Waals surface area contributed by atoms with Crippen LogP contribution in [0.3, 0.4) is 0 Å². The Labute approximate surface area is 86.4 Å². The van der Waals surface area contributed by atoms with Crippen LogP contribution in [0.15, 0.2) is 12.4 Å². The van der Waals surface area contributed by atoms with E-state index >= 15 is 0 Å². The van der Waals surface area contributed by atoms with E-state index in [1.165, 1.54) is 0 Å². The quantitative estimate of drug-likeness (QED) is 0.621. The van der Waals surface area contributed by atoms with Crippen molar-refractivity contribution in [3.05, 3.63) is 18.0 Å².